The van der Waals surface area contributed by atoms with Gasteiger partial charge in [0.2, 0.25) is 0 Å². The van der Waals surface area contributed by atoms with Gasteiger partial charge in [0.1, 0.15) is 11.5 Å². The predicted molar refractivity (Wildman–Crippen MR) is 200 cm³/mol. The molecule has 0 amide bonds. The van der Waals surface area contributed by atoms with Crippen molar-refractivity contribution in [2.24, 2.45) is 0 Å². The van der Waals surface area contributed by atoms with E-state index in [9.17, 15) is 0 Å². The summed E-state index contributed by atoms with van der Waals surface area (Å²) >= 11 is 0. The highest BCUT2D eigenvalue weighted by Crippen LogP contribution is 2.33. The van der Waals surface area contributed by atoms with Crippen LogP contribution in [0.2, 0.25) is 0 Å². The lowest BCUT2D eigenvalue weighted by Crippen LogP contribution is -1.96. The molecule has 2 aromatic carbocycles. The molecule has 6 nitrogen and oxygen atoms in total. The van der Waals surface area contributed by atoms with E-state index >= 15 is 0 Å². The maximum absolute atomic E-state index is 6.00. The molecule has 242 valence electrons. The van der Waals surface area contributed by atoms with Crippen LogP contribution in [-0.2, 0) is 0 Å². The lowest BCUT2D eigenvalue weighted by atomic mass is 10.0. The van der Waals surface area contributed by atoms with Crippen LogP contribution in [-0.4, -0.2) is 33.1 Å². The molecular formula is C42H42N4O2. The van der Waals surface area contributed by atoms with Gasteiger partial charge < -0.3 is 19.4 Å². The van der Waals surface area contributed by atoms with Gasteiger partial charge in [0, 0.05) is 33.2 Å². The van der Waals surface area contributed by atoms with Crippen LogP contribution in [0.1, 0.15) is 75.1 Å². The number of H-pyrrole nitrogens is 2. The number of ether oxygens (including phenoxy) is 2. The minimum atomic E-state index is 0.737. The van der Waals surface area contributed by atoms with Gasteiger partial charge in [-0.2, -0.15) is 0 Å². The number of fused-ring (bicyclic) bond motifs is 8. The van der Waals surface area contributed by atoms with E-state index in [0.717, 1.165) is 105 Å². The Hall–Kier alpha value is -5.36. The first-order valence-corrected chi connectivity index (χ1v) is 17.2. The van der Waals surface area contributed by atoms with Crippen LogP contribution in [0.4, 0.5) is 0 Å². The third-order valence-corrected chi connectivity index (χ3v) is 8.72. The summed E-state index contributed by atoms with van der Waals surface area (Å²) in [5.74, 6) is 1.77. The molecule has 0 atom stereocenters. The topological polar surface area (TPSA) is 75.8 Å². The summed E-state index contributed by atoms with van der Waals surface area (Å²) < 4.78 is 12.0. The number of nitrogens with one attached hydrogen (secondary N) is 2. The third kappa shape index (κ3) is 7.13. The van der Waals surface area contributed by atoms with Crippen LogP contribution in [0.3, 0.4) is 0 Å². The van der Waals surface area contributed by atoms with E-state index in [1.165, 1.54) is 25.7 Å². The molecular weight excluding hydrogens is 592 g/mol. The van der Waals surface area contributed by atoms with Crippen molar-refractivity contribution in [2.75, 3.05) is 13.2 Å². The Balaban J connectivity index is 1.32. The highest BCUT2D eigenvalue weighted by molar-refractivity contribution is 5.93. The molecule has 3 aromatic heterocycles. The van der Waals surface area contributed by atoms with Gasteiger partial charge in [-0.05, 0) is 109 Å². The van der Waals surface area contributed by atoms with E-state index in [1.54, 1.807) is 0 Å². The Morgan fingerprint density at radius 3 is 1.35 bits per heavy atom. The number of aromatic amines is 2. The highest BCUT2D eigenvalue weighted by Gasteiger charge is 2.14. The first-order chi connectivity index (χ1) is 23.7. The molecule has 5 aromatic rings. The maximum Gasteiger partial charge on any atom is 0.119 e. The normalized spacial score (nSPS) is 12.0. The summed E-state index contributed by atoms with van der Waals surface area (Å²) in [7, 11) is 0. The highest BCUT2D eigenvalue weighted by atomic mass is 16.5. The number of hydrogen-bond donors (Lipinski definition) is 2. The molecule has 0 unspecified atom stereocenters. The van der Waals surface area contributed by atoms with Gasteiger partial charge in [-0.25, -0.2) is 9.97 Å². The minimum Gasteiger partial charge on any atom is -0.494 e. The van der Waals surface area contributed by atoms with Crippen LogP contribution in [0, 0.1) is 0 Å². The number of nitrogens with zero attached hydrogens (tertiary/aromatic N) is 2. The first kappa shape index (κ1) is 31.3. The number of benzene rings is 2. The smallest absolute Gasteiger partial charge is 0.119 e. The molecule has 8 bridgehead atoms. The largest absolute Gasteiger partial charge is 0.494 e. The zero-order chi connectivity index (χ0) is 32.7. The van der Waals surface area contributed by atoms with Crippen molar-refractivity contribution in [3.05, 3.63) is 108 Å². The number of aromatic nitrogens is 4. The van der Waals surface area contributed by atoms with Crippen LogP contribution in [0.25, 0.3) is 68.6 Å². The van der Waals surface area contributed by atoms with Gasteiger partial charge in [-0.3, -0.25) is 0 Å². The van der Waals surface area contributed by atoms with E-state index in [2.05, 4.69) is 133 Å². The molecule has 5 heterocycles. The van der Waals surface area contributed by atoms with Gasteiger partial charge >= 0.3 is 0 Å². The van der Waals surface area contributed by atoms with E-state index in [-0.39, 0.29) is 0 Å². The molecule has 0 fully saturated rings. The van der Waals surface area contributed by atoms with Crippen molar-refractivity contribution >= 4 is 46.4 Å². The van der Waals surface area contributed by atoms with Crippen LogP contribution >= 0.6 is 0 Å². The Bertz CT molecular complexity index is 1950. The summed E-state index contributed by atoms with van der Waals surface area (Å²) in [4.78, 5) is 17.4. The molecule has 2 aliphatic rings. The zero-order valence-corrected chi connectivity index (χ0v) is 27.8. The Labute approximate surface area is 282 Å². The van der Waals surface area contributed by atoms with Crippen LogP contribution in [0.15, 0.2) is 84.9 Å². The molecule has 0 saturated carbocycles. The third-order valence-electron chi connectivity index (χ3n) is 8.72. The van der Waals surface area contributed by atoms with Crippen LogP contribution < -0.4 is 9.47 Å². The van der Waals surface area contributed by atoms with Crippen molar-refractivity contribution in [3.8, 4) is 33.8 Å². The second kappa shape index (κ2) is 14.6. The number of unbranched alkanes of at least 4 members (excludes halogenated alkanes) is 4. The van der Waals surface area contributed by atoms with Crippen molar-refractivity contribution < 1.29 is 9.47 Å². The average molecular weight is 635 g/mol. The van der Waals surface area contributed by atoms with E-state index in [4.69, 9.17) is 19.4 Å². The fourth-order valence-electron chi connectivity index (χ4n) is 6.20. The summed E-state index contributed by atoms with van der Waals surface area (Å²) in [6, 6.07) is 29.3. The molecule has 2 aliphatic heterocycles. The molecule has 7 rings (SSSR count). The van der Waals surface area contributed by atoms with Gasteiger partial charge in [-0.1, -0.05) is 63.8 Å². The summed E-state index contributed by atoms with van der Waals surface area (Å²) in [5.41, 5.74) is 11.7. The first-order valence-electron chi connectivity index (χ1n) is 17.2. The average Bonchev–Trinajstić information content (AvgIpc) is 3.94. The minimum absolute atomic E-state index is 0.737. The van der Waals surface area contributed by atoms with Gasteiger partial charge in [0.25, 0.3) is 0 Å². The Kier molecular flexibility index (Phi) is 9.50. The lowest BCUT2D eigenvalue weighted by molar-refractivity contribution is 0.306. The van der Waals surface area contributed by atoms with E-state index in [0.29, 0.717) is 0 Å². The summed E-state index contributed by atoms with van der Waals surface area (Å²) in [6.45, 7) is 5.88. The molecule has 6 heteroatoms. The lowest BCUT2D eigenvalue weighted by Gasteiger charge is -2.08. The van der Waals surface area contributed by atoms with Gasteiger partial charge in [0.05, 0.1) is 36.0 Å². The molecule has 2 N–H and O–H groups in total. The predicted octanol–water partition coefficient (Wildman–Crippen LogP) is 11.1. The quantitative estimate of drug-likeness (QED) is 0.131. The standard InChI is InChI=1S/C42H42N4O2/c1-3-5-7-25-47-35-17-9-29(10-18-35)41-37-21-13-31(43-37)27-33-15-23-39(45-33)42(30-11-19-36(20-12-30)48-26-8-6-4-2)40-24-16-34(46-40)28-32-14-22-38(41)44-32/h9-24,27-28,43,46H,3-8,25-26H2,1-2H3. The molecule has 0 radical (unpaired) electrons. The molecule has 48 heavy (non-hydrogen) atoms. The fourth-order valence-corrected chi connectivity index (χ4v) is 6.20. The van der Waals surface area contributed by atoms with Crippen molar-refractivity contribution in [2.45, 2.75) is 52.4 Å². The number of hydrogen-bond acceptors (Lipinski definition) is 4. The fraction of sp³-hybridized carbons (Fsp3) is 0.238. The number of rotatable bonds is 12. The monoisotopic (exact) mass is 634 g/mol. The van der Waals surface area contributed by atoms with E-state index in [1.807, 2.05) is 0 Å². The van der Waals surface area contributed by atoms with Gasteiger partial charge in [0.15, 0.2) is 0 Å². The molecule has 0 saturated heterocycles. The maximum atomic E-state index is 6.00. The Morgan fingerprint density at radius 2 is 0.938 bits per heavy atom. The zero-order valence-electron chi connectivity index (χ0n) is 27.8. The van der Waals surface area contributed by atoms with Crippen molar-refractivity contribution in [1.82, 2.24) is 19.9 Å². The Morgan fingerprint density at radius 1 is 0.500 bits per heavy atom. The summed E-state index contributed by atoms with van der Waals surface area (Å²) in [6.07, 6.45) is 15.2. The summed E-state index contributed by atoms with van der Waals surface area (Å²) in [5, 5.41) is 0. The molecule has 0 aliphatic carbocycles. The van der Waals surface area contributed by atoms with Crippen LogP contribution in [0.5, 0.6) is 11.5 Å². The SMILES string of the molecule is CCCCCOc1ccc(-c2c3nc(cc4ccc([nH]4)c(-c4ccc(OCCCCC)cc4)c4nc(cc5ccc2[nH]5)C=C4)C=C3)cc1. The molecule has 0 spiro atoms. The van der Waals surface area contributed by atoms with Gasteiger partial charge in [-0.15, -0.1) is 0 Å². The van der Waals surface area contributed by atoms with Crippen molar-refractivity contribution in [3.63, 3.8) is 0 Å². The van der Waals surface area contributed by atoms with Crippen molar-refractivity contribution in [1.29, 1.82) is 0 Å². The van der Waals surface area contributed by atoms with E-state index < -0.39 is 0 Å². The second-order valence-electron chi connectivity index (χ2n) is 12.4. The second-order valence-corrected chi connectivity index (χ2v) is 12.4.